The first kappa shape index (κ1) is 12.7. The van der Waals surface area contributed by atoms with E-state index in [1.807, 2.05) is 12.1 Å². The minimum Gasteiger partial charge on any atom is -0.338 e. The number of aryl methyl sites for hydroxylation is 1. The lowest BCUT2D eigenvalue weighted by Crippen LogP contribution is -1.82. The number of rotatable bonds is 2. The summed E-state index contributed by atoms with van der Waals surface area (Å²) in [5.41, 5.74) is 4.24. The van der Waals surface area contributed by atoms with Crippen molar-refractivity contribution in [1.29, 1.82) is 0 Å². The molecule has 19 heavy (non-hydrogen) atoms. The number of nitrogens with zero attached hydrogens (tertiary/aromatic N) is 1. The second kappa shape index (κ2) is 4.99. The van der Waals surface area contributed by atoms with Crippen LogP contribution >= 0.6 is 27.5 Å². The number of nitrogens with one attached hydrogen (secondary N) is 1. The third-order valence-electron chi connectivity index (χ3n) is 3.14. The molecule has 2 nitrogen and oxygen atoms in total. The van der Waals surface area contributed by atoms with E-state index in [1.165, 1.54) is 5.56 Å². The molecular formula is C15H12BrClN2. The number of aromatic amines is 1. The molecule has 1 heterocycles. The van der Waals surface area contributed by atoms with E-state index < -0.39 is 0 Å². The van der Waals surface area contributed by atoms with Crippen molar-refractivity contribution in [3.8, 4) is 11.4 Å². The molecule has 0 saturated heterocycles. The smallest absolute Gasteiger partial charge is 0.138 e. The van der Waals surface area contributed by atoms with Crippen LogP contribution in [0.3, 0.4) is 0 Å². The molecule has 0 saturated carbocycles. The van der Waals surface area contributed by atoms with E-state index in [-0.39, 0.29) is 0 Å². The minimum absolute atomic E-state index is 0.691. The summed E-state index contributed by atoms with van der Waals surface area (Å²) in [6.07, 6.45) is 1.04. The number of benzene rings is 2. The van der Waals surface area contributed by atoms with E-state index in [0.29, 0.717) is 5.02 Å². The lowest BCUT2D eigenvalue weighted by Gasteiger charge is -1.98. The standard InChI is InChI=1S/C15H12BrClN2/c1-2-9-3-5-10(6-4-9)15-18-13-8-11(17)7-12(16)14(13)19-15/h3-8H,2H2,1H3,(H,18,19). The molecule has 0 aliphatic carbocycles. The van der Waals surface area contributed by atoms with Gasteiger partial charge in [0.15, 0.2) is 0 Å². The number of imidazole rings is 1. The predicted molar refractivity (Wildman–Crippen MR) is 83.6 cm³/mol. The Morgan fingerprint density at radius 3 is 2.63 bits per heavy atom. The highest BCUT2D eigenvalue weighted by Crippen LogP contribution is 2.29. The maximum Gasteiger partial charge on any atom is 0.138 e. The molecule has 0 radical (unpaired) electrons. The zero-order valence-electron chi connectivity index (χ0n) is 10.4. The Morgan fingerprint density at radius 2 is 1.95 bits per heavy atom. The summed E-state index contributed by atoms with van der Waals surface area (Å²) in [5, 5.41) is 0.691. The van der Waals surface area contributed by atoms with Crippen molar-refractivity contribution in [2.24, 2.45) is 0 Å². The molecule has 1 aromatic heterocycles. The maximum absolute atomic E-state index is 6.04. The number of fused-ring (bicyclic) bond motifs is 1. The quantitative estimate of drug-likeness (QED) is 0.684. The van der Waals surface area contributed by atoms with E-state index >= 15 is 0 Å². The molecule has 2 aromatic carbocycles. The zero-order chi connectivity index (χ0) is 13.4. The Bertz CT molecular complexity index is 732. The summed E-state index contributed by atoms with van der Waals surface area (Å²) in [7, 11) is 0. The summed E-state index contributed by atoms with van der Waals surface area (Å²) in [4.78, 5) is 7.92. The van der Waals surface area contributed by atoms with Crippen molar-refractivity contribution in [2.75, 3.05) is 0 Å². The average molecular weight is 336 g/mol. The second-order valence-electron chi connectivity index (χ2n) is 4.42. The molecule has 96 valence electrons. The van der Waals surface area contributed by atoms with Crippen molar-refractivity contribution in [3.63, 3.8) is 0 Å². The molecule has 0 spiro atoms. The molecule has 0 unspecified atom stereocenters. The highest BCUT2D eigenvalue weighted by atomic mass is 79.9. The second-order valence-corrected chi connectivity index (χ2v) is 5.71. The fourth-order valence-corrected chi connectivity index (χ4v) is 2.98. The number of aromatic nitrogens is 2. The first-order valence-electron chi connectivity index (χ1n) is 6.11. The molecule has 0 fully saturated rings. The lowest BCUT2D eigenvalue weighted by atomic mass is 10.1. The van der Waals surface area contributed by atoms with E-state index in [4.69, 9.17) is 11.6 Å². The van der Waals surface area contributed by atoms with Gasteiger partial charge in [0.2, 0.25) is 0 Å². The first-order valence-corrected chi connectivity index (χ1v) is 7.28. The third kappa shape index (κ3) is 2.40. The maximum atomic E-state index is 6.04. The fourth-order valence-electron chi connectivity index (χ4n) is 2.08. The molecule has 0 amide bonds. The monoisotopic (exact) mass is 334 g/mol. The highest BCUT2D eigenvalue weighted by Gasteiger charge is 2.09. The van der Waals surface area contributed by atoms with Crippen molar-refractivity contribution in [1.82, 2.24) is 9.97 Å². The van der Waals surface area contributed by atoms with Crippen LogP contribution in [0.2, 0.25) is 5.02 Å². The predicted octanol–water partition coefficient (Wildman–Crippen LogP) is 5.21. The normalized spacial score (nSPS) is 11.1. The van der Waals surface area contributed by atoms with Gasteiger partial charge in [-0.1, -0.05) is 42.8 Å². The first-order chi connectivity index (χ1) is 9.17. The van der Waals surface area contributed by atoms with Gasteiger partial charge in [-0.3, -0.25) is 0 Å². The van der Waals surface area contributed by atoms with Gasteiger partial charge in [0, 0.05) is 15.1 Å². The van der Waals surface area contributed by atoms with Gasteiger partial charge in [0.05, 0.1) is 5.52 Å². The number of hydrogen-bond acceptors (Lipinski definition) is 1. The molecule has 3 rings (SSSR count). The van der Waals surface area contributed by atoms with Crippen LogP contribution in [0.5, 0.6) is 0 Å². The fraction of sp³-hybridized carbons (Fsp3) is 0.133. The largest absolute Gasteiger partial charge is 0.338 e. The van der Waals surface area contributed by atoms with Crippen LogP contribution in [0.1, 0.15) is 12.5 Å². The van der Waals surface area contributed by atoms with Gasteiger partial charge in [0.1, 0.15) is 11.3 Å². The van der Waals surface area contributed by atoms with Crippen molar-refractivity contribution >= 4 is 38.6 Å². The molecule has 0 aliphatic heterocycles. The van der Waals surface area contributed by atoms with Crippen LogP contribution < -0.4 is 0 Å². The summed E-state index contributed by atoms with van der Waals surface area (Å²) >= 11 is 9.53. The van der Waals surface area contributed by atoms with Crippen molar-refractivity contribution in [3.05, 3.63) is 51.5 Å². The Hall–Kier alpha value is -1.32. The Morgan fingerprint density at radius 1 is 1.21 bits per heavy atom. The van der Waals surface area contributed by atoms with E-state index in [2.05, 4.69) is 57.1 Å². The number of H-pyrrole nitrogens is 1. The molecule has 3 aromatic rings. The molecule has 0 atom stereocenters. The van der Waals surface area contributed by atoms with E-state index in [9.17, 15) is 0 Å². The van der Waals surface area contributed by atoms with Crippen molar-refractivity contribution in [2.45, 2.75) is 13.3 Å². The van der Waals surface area contributed by atoms with Crippen LogP contribution in [0.15, 0.2) is 40.9 Å². The van der Waals surface area contributed by atoms with Gasteiger partial charge < -0.3 is 4.98 Å². The summed E-state index contributed by atoms with van der Waals surface area (Å²) in [6.45, 7) is 2.15. The topological polar surface area (TPSA) is 28.7 Å². The number of halogens is 2. The lowest BCUT2D eigenvalue weighted by molar-refractivity contribution is 1.14. The Labute approximate surface area is 124 Å². The Balaban J connectivity index is 2.12. The molecule has 0 bridgehead atoms. The molecule has 1 N–H and O–H groups in total. The van der Waals surface area contributed by atoms with Crippen LogP contribution in [0, 0.1) is 0 Å². The van der Waals surface area contributed by atoms with Gasteiger partial charge in [-0.05, 0) is 40.0 Å². The molecule has 0 aliphatic rings. The van der Waals surface area contributed by atoms with E-state index in [1.54, 1.807) is 0 Å². The van der Waals surface area contributed by atoms with Gasteiger partial charge in [0.25, 0.3) is 0 Å². The Kier molecular flexibility index (Phi) is 3.33. The van der Waals surface area contributed by atoms with Gasteiger partial charge in [-0.15, -0.1) is 0 Å². The van der Waals surface area contributed by atoms with Gasteiger partial charge in [-0.25, -0.2) is 4.98 Å². The minimum atomic E-state index is 0.691. The highest BCUT2D eigenvalue weighted by molar-refractivity contribution is 9.10. The van der Waals surface area contributed by atoms with Crippen LogP contribution in [-0.4, -0.2) is 9.97 Å². The SMILES string of the molecule is CCc1ccc(-c2nc3c(Br)cc(Cl)cc3[nH]2)cc1. The van der Waals surface area contributed by atoms with E-state index in [0.717, 1.165) is 33.3 Å². The summed E-state index contributed by atoms with van der Waals surface area (Å²) < 4.78 is 0.905. The molecular weight excluding hydrogens is 324 g/mol. The van der Waals surface area contributed by atoms with Crippen LogP contribution in [0.25, 0.3) is 22.4 Å². The average Bonchev–Trinajstić information content (AvgIpc) is 2.83. The van der Waals surface area contributed by atoms with Gasteiger partial charge in [-0.2, -0.15) is 0 Å². The van der Waals surface area contributed by atoms with Crippen LogP contribution in [-0.2, 0) is 6.42 Å². The molecule has 4 heteroatoms. The third-order valence-corrected chi connectivity index (χ3v) is 3.96. The van der Waals surface area contributed by atoms with Crippen LogP contribution in [0.4, 0.5) is 0 Å². The van der Waals surface area contributed by atoms with Gasteiger partial charge >= 0.3 is 0 Å². The summed E-state index contributed by atoms with van der Waals surface area (Å²) in [6, 6.07) is 12.2. The van der Waals surface area contributed by atoms with Crippen molar-refractivity contribution < 1.29 is 0 Å². The number of hydrogen-bond donors (Lipinski definition) is 1. The summed E-state index contributed by atoms with van der Waals surface area (Å²) in [5.74, 6) is 0.862. The zero-order valence-corrected chi connectivity index (χ0v) is 12.7.